The predicted octanol–water partition coefficient (Wildman–Crippen LogP) is 4.26. The number of rotatable bonds is 5. The van der Waals surface area contributed by atoms with Gasteiger partial charge >= 0.3 is 5.97 Å². The lowest BCUT2D eigenvalue weighted by Gasteiger charge is -2.32. The van der Waals surface area contributed by atoms with Crippen molar-refractivity contribution in [3.63, 3.8) is 0 Å². The minimum Gasteiger partial charge on any atom is -0.465 e. The molecule has 1 aliphatic rings. The molecule has 0 aromatic rings. The molecule has 0 heterocycles. The van der Waals surface area contributed by atoms with Crippen LogP contribution in [0.1, 0.15) is 47.0 Å². The first-order chi connectivity index (χ1) is 9.92. The van der Waals surface area contributed by atoms with Crippen LogP contribution in [0, 0.1) is 5.41 Å². The van der Waals surface area contributed by atoms with Crippen molar-refractivity contribution in [3.05, 3.63) is 34.9 Å². The summed E-state index contributed by atoms with van der Waals surface area (Å²) < 4.78 is 4.83. The molecule has 3 nitrogen and oxygen atoms in total. The van der Waals surface area contributed by atoms with E-state index in [1.54, 1.807) is 12.3 Å². The molecule has 0 amide bonds. The van der Waals surface area contributed by atoms with Crippen LogP contribution < -0.4 is 0 Å². The molecule has 3 heteroatoms. The highest BCUT2D eigenvalue weighted by atomic mass is 16.5. The number of aliphatic imine (C=N–C) groups is 1. The van der Waals surface area contributed by atoms with Gasteiger partial charge in [0.1, 0.15) is 0 Å². The quantitative estimate of drug-likeness (QED) is 0.328. The van der Waals surface area contributed by atoms with Crippen LogP contribution in [-0.2, 0) is 9.53 Å². The monoisotopic (exact) mass is 289 g/mol. The highest BCUT2D eigenvalue weighted by Gasteiger charge is 2.26. The molecule has 0 aromatic heterocycles. The van der Waals surface area contributed by atoms with Gasteiger partial charge in [0.15, 0.2) is 0 Å². The molecule has 0 atom stereocenters. The average molecular weight is 289 g/mol. The number of carbonyl (C=O) groups excluding carboxylic acids is 1. The van der Waals surface area contributed by atoms with Crippen LogP contribution in [0.15, 0.2) is 39.9 Å². The summed E-state index contributed by atoms with van der Waals surface area (Å²) in [5.74, 6) is -0.333. The van der Waals surface area contributed by atoms with Crippen LogP contribution in [0.4, 0.5) is 0 Å². The van der Waals surface area contributed by atoms with Crippen molar-refractivity contribution >= 4 is 12.2 Å². The maximum absolute atomic E-state index is 11.8. The van der Waals surface area contributed by atoms with Gasteiger partial charge in [-0.25, -0.2) is 4.79 Å². The normalized spacial score (nSPS) is 19.6. The molecule has 0 saturated heterocycles. The van der Waals surface area contributed by atoms with Gasteiger partial charge in [0.05, 0.1) is 12.7 Å². The summed E-state index contributed by atoms with van der Waals surface area (Å²) in [5, 5.41) is 0. The highest BCUT2D eigenvalue weighted by molar-refractivity contribution is 5.96. The minimum absolute atomic E-state index is 0.164. The summed E-state index contributed by atoms with van der Waals surface area (Å²) in [6.45, 7) is 9.36. The van der Waals surface area contributed by atoms with Gasteiger partial charge in [-0.1, -0.05) is 25.5 Å². The zero-order chi connectivity index (χ0) is 15.9. The van der Waals surface area contributed by atoms with E-state index in [9.17, 15) is 4.79 Å². The van der Waals surface area contributed by atoms with E-state index in [0.29, 0.717) is 12.1 Å². The Kier molecular flexibility index (Phi) is 6.60. The second-order valence-electron chi connectivity index (χ2n) is 6.03. The largest absolute Gasteiger partial charge is 0.465 e. The number of methoxy groups -OCH3 is 1. The summed E-state index contributed by atoms with van der Waals surface area (Å²) in [6, 6.07) is 0. The zero-order valence-corrected chi connectivity index (χ0v) is 13.9. The molecular formula is C18H27NO2. The Balaban J connectivity index is 3.04. The zero-order valence-electron chi connectivity index (χ0n) is 13.9. The first-order valence-electron chi connectivity index (χ1n) is 7.59. The number of allylic oxidation sites excluding steroid dienone is 4. The summed E-state index contributed by atoms with van der Waals surface area (Å²) in [5.41, 5.74) is 3.43. The Labute approximate surface area is 128 Å². The maximum Gasteiger partial charge on any atom is 0.337 e. The van der Waals surface area contributed by atoms with Crippen LogP contribution in [0.25, 0.3) is 0 Å². The summed E-state index contributed by atoms with van der Waals surface area (Å²) in [6.07, 6.45) is 10.8. The van der Waals surface area contributed by atoms with E-state index in [4.69, 9.17) is 4.74 Å². The molecule has 1 aliphatic carbocycles. The molecule has 0 unspecified atom stereocenters. The smallest absolute Gasteiger partial charge is 0.337 e. The topological polar surface area (TPSA) is 38.7 Å². The van der Waals surface area contributed by atoms with Crippen molar-refractivity contribution < 1.29 is 9.53 Å². The van der Waals surface area contributed by atoms with E-state index in [0.717, 1.165) is 6.42 Å². The number of hydrogen-bond donors (Lipinski definition) is 0. The van der Waals surface area contributed by atoms with Crippen molar-refractivity contribution in [2.45, 2.75) is 47.0 Å². The molecule has 0 bridgehead atoms. The Morgan fingerprint density at radius 3 is 2.71 bits per heavy atom. The van der Waals surface area contributed by atoms with Crippen LogP contribution >= 0.6 is 0 Å². The number of nitrogens with zero attached hydrogens (tertiary/aromatic N) is 1. The Hall–Kier alpha value is -1.64. The van der Waals surface area contributed by atoms with Crippen molar-refractivity contribution in [2.75, 3.05) is 13.7 Å². The van der Waals surface area contributed by atoms with Crippen LogP contribution in [0.5, 0.6) is 0 Å². The van der Waals surface area contributed by atoms with Gasteiger partial charge in [-0.2, -0.15) is 0 Å². The van der Waals surface area contributed by atoms with Gasteiger partial charge in [-0.15, -0.1) is 0 Å². The van der Waals surface area contributed by atoms with Crippen molar-refractivity contribution in [3.8, 4) is 0 Å². The standard InChI is InChI=1S/C18H27NO2/c1-6-19-13-11-15(17(20)21-5)9-10-16-14(2)8-7-12-18(16,3)4/h9-11,13H,6-8,12H2,1-5H3/b10-9+,15-11+,19-13?. The number of esters is 1. The van der Waals surface area contributed by atoms with Gasteiger partial charge in [0.2, 0.25) is 0 Å². The third-order valence-electron chi connectivity index (χ3n) is 3.94. The van der Waals surface area contributed by atoms with E-state index in [-0.39, 0.29) is 11.4 Å². The van der Waals surface area contributed by atoms with Gasteiger partial charge in [0, 0.05) is 12.8 Å². The fourth-order valence-corrected chi connectivity index (χ4v) is 2.73. The second kappa shape index (κ2) is 7.96. The molecule has 0 radical (unpaired) electrons. The molecule has 0 spiro atoms. The van der Waals surface area contributed by atoms with Gasteiger partial charge in [-0.05, 0) is 56.3 Å². The van der Waals surface area contributed by atoms with E-state index in [1.165, 1.54) is 31.1 Å². The molecule has 1 rings (SSSR count). The predicted molar refractivity (Wildman–Crippen MR) is 88.6 cm³/mol. The lowest BCUT2D eigenvalue weighted by molar-refractivity contribution is -0.135. The Morgan fingerprint density at radius 1 is 1.43 bits per heavy atom. The van der Waals surface area contributed by atoms with Crippen LogP contribution in [0.3, 0.4) is 0 Å². The lowest BCUT2D eigenvalue weighted by Crippen LogP contribution is -2.19. The fraction of sp³-hybridized carbons (Fsp3) is 0.556. The minimum atomic E-state index is -0.333. The first-order valence-corrected chi connectivity index (χ1v) is 7.59. The average Bonchev–Trinajstić information content (AvgIpc) is 2.43. The molecule has 0 N–H and O–H groups in total. The summed E-state index contributed by atoms with van der Waals surface area (Å²) in [7, 11) is 1.40. The molecule has 0 aliphatic heterocycles. The van der Waals surface area contributed by atoms with Gasteiger partial charge < -0.3 is 4.74 Å². The van der Waals surface area contributed by atoms with E-state index in [1.807, 2.05) is 13.0 Å². The SMILES string of the molecule is CCN=C/C=C(\C=C\C1=C(C)CCCC1(C)C)C(=O)OC. The molecule has 21 heavy (non-hydrogen) atoms. The van der Waals surface area contributed by atoms with E-state index >= 15 is 0 Å². The third-order valence-corrected chi connectivity index (χ3v) is 3.94. The Bertz CT molecular complexity index is 493. The Morgan fingerprint density at radius 2 is 2.14 bits per heavy atom. The highest BCUT2D eigenvalue weighted by Crippen LogP contribution is 2.40. The first kappa shape index (κ1) is 17.4. The lowest BCUT2D eigenvalue weighted by atomic mass is 9.72. The van der Waals surface area contributed by atoms with Crippen molar-refractivity contribution in [1.29, 1.82) is 0 Å². The summed E-state index contributed by atoms with van der Waals surface area (Å²) >= 11 is 0. The molecule has 116 valence electrons. The maximum atomic E-state index is 11.8. The van der Waals surface area contributed by atoms with Gasteiger partial charge in [0.25, 0.3) is 0 Å². The molecule has 0 fully saturated rings. The number of hydrogen-bond acceptors (Lipinski definition) is 3. The number of ether oxygens (including phenoxy) is 1. The number of carbonyl (C=O) groups is 1. The molecular weight excluding hydrogens is 262 g/mol. The van der Waals surface area contributed by atoms with Crippen LogP contribution in [-0.4, -0.2) is 25.8 Å². The second-order valence-corrected chi connectivity index (χ2v) is 6.03. The van der Waals surface area contributed by atoms with Gasteiger partial charge in [-0.3, -0.25) is 4.99 Å². The van der Waals surface area contributed by atoms with Crippen LogP contribution in [0.2, 0.25) is 0 Å². The van der Waals surface area contributed by atoms with E-state index < -0.39 is 0 Å². The van der Waals surface area contributed by atoms with Crippen molar-refractivity contribution in [1.82, 2.24) is 0 Å². The van der Waals surface area contributed by atoms with Crippen molar-refractivity contribution in [2.24, 2.45) is 10.4 Å². The molecule has 0 aromatic carbocycles. The molecule has 0 saturated carbocycles. The fourth-order valence-electron chi connectivity index (χ4n) is 2.73. The summed E-state index contributed by atoms with van der Waals surface area (Å²) in [4.78, 5) is 15.9. The third kappa shape index (κ3) is 5.00. The van der Waals surface area contributed by atoms with E-state index in [2.05, 4.69) is 31.8 Å².